The first-order chi connectivity index (χ1) is 6.75. The maximum atomic E-state index is 12.8. The van der Waals surface area contributed by atoms with Crippen LogP contribution in [0, 0.1) is 5.82 Å². The summed E-state index contributed by atoms with van der Waals surface area (Å²) in [6, 6.07) is 5.46. The number of halogens is 2. The molecule has 1 fully saturated rings. The van der Waals surface area contributed by atoms with Crippen molar-refractivity contribution >= 4 is 27.7 Å². The van der Waals surface area contributed by atoms with Gasteiger partial charge in [-0.1, -0.05) is 22.0 Å². The van der Waals surface area contributed by atoms with Crippen molar-refractivity contribution in [3.8, 4) is 0 Å². The summed E-state index contributed by atoms with van der Waals surface area (Å²) in [5.41, 5.74) is 1.11. The van der Waals surface area contributed by atoms with Gasteiger partial charge in [0.25, 0.3) is 0 Å². The molecule has 1 N–H and O–H groups in total. The minimum atomic E-state index is -0.195. The Morgan fingerprint density at radius 2 is 2.29 bits per heavy atom. The van der Waals surface area contributed by atoms with E-state index in [1.54, 1.807) is 0 Å². The molecule has 0 saturated carbocycles. The second-order valence-electron chi connectivity index (χ2n) is 3.35. The van der Waals surface area contributed by atoms with Crippen LogP contribution in [-0.4, -0.2) is 17.5 Å². The molecule has 4 heteroatoms. The van der Waals surface area contributed by atoms with Gasteiger partial charge in [0.1, 0.15) is 5.82 Å². The highest BCUT2D eigenvalue weighted by molar-refractivity contribution is 9.10. The van der Waals surface area contributed by atoms with Crippen LogP contribution in [0.5, 0.6) is 0 Å². The highest BCUT2D eigenvalue weighted by Crippen LogP contribution is 2.20. The number of hydrogen-bond acceptors (Lipinski definition) is 2. The van der Waals surface area contributed by atoms with Crippen LogP contribution in [0.15, 0.2) is 22.7 Å². The van der Waals surface area contributed by atoms with Gasteiger partial charge < -0.3 is 5.32 Å². The van der Waals surface area contributed by atoms with Gasteiger partial charge in [-0.25, -0.2) is 4.39 Å². The first-order valence-corrected chi connectivity index (χ1v) is 6.45. The van der Waals surface area contributed by atoms with Gasteiger partial charge in [0.2, 0.25) is 0 Å². The fraction of sp³-hybridized carbons (Fsp3) is 0.400. The Hall–Kier alpha value is -0.0600. The zero-order valence-electron chi connectivity index (χ0n) is 7.59. The van der Waals surface area contributed by atoms with Crippen molar-refractivity contribution in [1.29, 1.82) is 0 Å². The van der Waals surface area contributed by atoms with Crippen molar-refractivity contribution in [2.75, 3.05) is 11.5 Å². The third-order valence-corrected chi connectivity index (χ3v) is 4.25. The quantitative estimate of drug-likeness (QED) is 0.911. The SMILES string of the molecule is Fc1ccc(CNC2CSC2)c(Br)c1. The van der Waals surface area contributed by atoms with Gasteiger partial charge in [0.05, 0.1) is 0 Å². The average molecular weight is 276 g/mol. The van der Waals surface area contributed by atoms with Crippen molar-refractivity contribution in [1.82, 2.24) is 5.32 Å². The van der Waals surface area contributed by atoms with Gasteiger partial charge in [0, 0.05) is 28.6 Å². The van der Waals surface area contributed by atoms with E-state index in [0.717, 1.165) is 16.6 Å². The van der Waals surface area contributed by atoms with E-state index in [2.05, 4.69) is 21.2 Å². The molecule has 1 aliphatic rings. The minimum absolute atomic E-state index is 0.195. The third-order valence-electron chi connectivity index (χ3n) is 2.23. The largest absolute Gasteiger partial charge is 0.308 e. The molecule has 1 aliphatic heterocycles. The summed E-state index contributed by atoms with van der Waals surface area (Å²) in [5, 5.41) is 3.42. The van der Waals surface area contributed by atoms with Gasteiger partial charge in [-0.3, -0.25) is 0 Å². The molecule has 1 saturated heterocycles. The summed E-state index contributed by atoms with van der Waals surface area (Å²) in [7, 11) is 0. The van der Waals surface area contributed by atoms with Gasteiger partial charge in [-0.2, -0.15) is 11.8 Å². The summed E-state index contributed by atoms with van der Waals surface area (Å²) >= 11 is 5.30. The lowest BCUT2D eigenvalue weighted by Gasteiger charge is -2.26. The Bertz CT molecular complexity index is 328. The van der Waals surface area contributed by atoms with Crippen LogP contribution in [0.2, 0.25) is 0 Å². The molecule has 0 atom stereocenters. The van der Waals surface area contributed by atoms with Crippen molar-refractivity contribution in [3.63, 3.8) is 0 Å². The topological polar surface area (TPSA) is 12.0 Å². The number of thioether (sulfide) groups is 1. The zero-order valence-corrected chi connectivity index (χ0v) is 10.00. The van der Waals surface area contributed by atoms with E-state index < -0.39 is 0 Å². The fourth-order valence-electron chi connectivity index (χ4n) is 1.27. The summed E-state index contributed by atoms with van der Waals surface area (Å²) in [6.45, 7) is 0.812. The van der Waals surface area contributed by atoms with Crippen LogP contribution < -0.4 is 5.32 Å². The molecule has 0 unspecified atom stereocenters. The molecule has 0 amide bonds. The smallest absolute Gasteiger partial charge is 0.124 e. The summed E-state index contributed by atoms with van der Waals surface area (Å²) in [6.07, 6.45) is 0. The molecule has 1 heterocycles. The van der Waals surface area contributed by atoms with Gasteiger partial charge in [0.15, 0.2) is 0 Å². The summed E-state index contributed by atoms with van der Waals surface area (Å²) < 4.78 is 13.6. The van der Waals surface area contributed by atoms with E-state index in [-0.39, 0.29) is 5.82 Å². The zero-order chi connectivity index (χ0) is 9.97. The van der Waals surface area contributed by atoms with Crippen LogP contribution in [0.1, 0.15) is 5.56 Å². The highest BCUT2D eigenvalue weighted by Gasteiger charge is 2.17. The Balaban J connectivity index is 1.94. The Morgan fingerprint density at radius 3 is 2.86 bits per heavy atom. The number of rotatable bonds is 3. The minimum Gasteiger partial charge on any atom is -0.308 e. The molecular weight excluding hydrogens is 265 g/mol. The van der Waals surface area contributed by atoms with Crippen LogP contribution in [0.25, 0.3) is 0 Å². The Morgan fingerprint density at radius 1 is 1.50 bits per heavy atom. The second-order valence-corrected chi connectivity index (χ2v) is 5.28. The summed E-state index contributed by atoms with van der Waals surface area (Å²) in [5.74, 6) is 2.19. The van der Waals surface area contributed by atoms with E-state index in [0.29, 0.717) is 6.04 Å². The molecule has 76 valence electrons. The first kappa shape index (κ1) is 10.5. The third kappa shape index (κ3) is 2.49. The molecule has 1 aromatic carbocycles. The molecule has 0 spiro atoms. The van der Waals surface area contributed by atoms with E-state index in [9.17, 15) is 4.39 Å². The maximum absolute atomic E-state index is 12.8. The molecular formula is C10H11BrFNS. The Labute approximate surface area is 95.6 Å². The van der Waals surface area contributed by atoms with Crippen molar-refractivity contribution in [2.45, 2.75) is 12.6 Å². The molecule has 14 heavy (non-hydrogen) atoms. The molecule has 0 aromatic heterocycles. The van der Waals surface area contributed by atoms with Gasteiger partial charge in [-0.15, -0.1) is 0 Å². The number of benzene rings is 1. The molecule has 1 nitrogen and oxygen atoms in total. The van der Waals surface area contributed by atoms with E-state index in [1.165, 1.54) is 23.6 Å². The average Bonchev–Trinajstić information content (AvgIpc) is 2.05. The normalized spacial score (nSPS) is 16.7. The van der Waals surface area contributed by atoms with E-state index in [1.807, 2.05) is 17.8 Å². The Kier molecular flexibility index (Phi) is 3.47. The molecule has 1 aromatic rings. The summed E-state index contributed by atoms with van der Waals surface area (Å²) in [4.78, 5) is 0. The second kappa shape index (κ2) is 4.64. The highest BCUT2D eigenvalue weighted by atomic mass is 79.9. The van der Waals surface area contributed by atoms with E-state index >= 15 is 0 Å². The number of nitrogens with one attached hydrogen (secondary N) is 1. The molecule has 0 aliphatic carbocycles. The van der Waals surface area contributed by atoms with Gasteiger partial charge in [-0.05, 0) is 17.7 Å². The lowest BCUT2D eigenvalue weighted by molar-refractivity contribution is 0.579. The van der Waals surface area contributed by atoms with E-state index in [4.69, 9.17) is 0 Å². The van der Waals surface area contributed by atoms with Gasteiger partial charge >= 0.3 is 0 Å². The van der Waals surface area contributed by atoms with Crippen molar-refractivity contribution in [2.24, 2.45) is 0 Å². The fourth-order valence-corrected chi connectivity index (χ4v) is 2.47. The number of hydrogen-bond donors (Lipinski definition) is 1. The standard InChI is InChI=1S/C10H11BrFNS/c11-10-3-8(12)2-1-7(10)4-13-9-5-14-6-9/h1-3,9,13H,4-6H2. The lowest BCUT2D eigenvalue weighted by Crippen LogP contribution is -2.39. The van der Waals surface area contributed by atoms with Crippen LogP contribution >= 0.6 is 27.7 Å². The van der Waals surface area contributed by atoms with Crippen LogP contribution in [-0.2, 0) is 6.54 Å². The monoisotopic (exact) mass is 275 g/mol. The lowest BCUT2D eigenvalue weighted by atomic mass is 10.2. The molecule has 0 bridgehead atoms. The van der Waals surface area contributed by atoms with Crippen molar-refractivity contribution < 1.29 is 4.39 Å². The van der Waals surface area contributed by atoms with Crippen molar-refractivity contribution in [3.05, 3.63) is 34.1 Å². The predicted molar refractivity (Wildman–Crippen MR) is 62.1 cm³/mol. The first-order valence-electron chi connectivity index (χ1n) is 4.51. The predicted octanol–water partition coefficient (Wildman–Crippen LogP) is 2.79. The van der Waals surface area contributed by atoms with Crippen LogP contribution in [0.4, 0.5) is 4.39 Å². The van der Waals surface area contributed by atoms with Crippen LogP contribution in [0.3, 0.4) is 0 Å². The molecule has 2 rings (SSSR count). The molecule has 0 radical (unpaired) electrons. The maximum Gasteiger partial charge on any atom is 0.124 e.